The minimum absolute atomic E-state index is 0.246. The highest BCUT2D eigenvalue weighted by Gasteiger charge is 2.39. The SMILES string of the molecule is CCC(N(C)C)P(=O)(O)C(CC)N(C)C. The van der Waals surface area contributed by atoms with E-state index in [4.69, 9.17) is 0 Å². The zero-order valence-corrected chi connectivity index (χ0v) is 11.7. The van der Waals surface area contributed by atoms with Crippen molar-refractivity contribution < 1.29 is 9.46 Å². The Morgan fingerprint density at radius 2 is 1.27 bits per heavy atom. The standard InChI is InChI=1S/C10H25N2O2P/c1-7-9(11(3)4)15(13,14)10(8-2)12(5)6/h9-10H,7-8H2,1-6H3,(H,13,14). The second-order valence-corrected chi connectivity index (χ2v) is 6.91. The van der Waals surface area contributed by atoms with Gasteiger partial charge in [-0.3, -0.25) is 14.4 Å². The first-order valence-corrected chi connectivity index (χ1v) is 7.23. The molecule has 0 radical (unpaired) electrons. The van der Waals surface area contributed by atoms with Crippen molar-refractivity contribution in [1.29, 1.82) is 0 Å². The molecule has 0 rings (SSSR count). The van der Waals surface area contributed by atoms with E-state index in [9.17, 15) is 9.46 Å². The lowest BCUT2D eigenvalue weighted by atomic mass is 10.4. The molecule has 0 amide bonds. The molecule has 0 aliphatic carbocycles. The third-order valence-corrected chi connectivity index (χ3v) is 6.14. The summed E-state index contributed by atoms with van der Waals surface area (Å²) in [4.78, 5) is 14.0. The molecule has 0 heterocycles. The van der Waals surface area contributed by atoms with E-state index < -0.39 is 7.37 Å². The van der Waals surface area contributed by atoms with Crippen LogP contribution in [0.5, 0.6) is 0 Å². The lowest BCUT2D eigenvalue weighted by molar-refractivity contribution is 0.280. The maximum atomic E-state index is 12.4. The van der Waals surface area contributed by atoms with Crippen LogP contribution >= 0.6 is 7.37 Å². The number of nitrogens with zero attached hydrogens (tertiary/aromatic N) is 2. The molecular formula is C10H25N2O2P. The van der Waals surface area contributed by atoms with Crippen molar-refractivity contribution >= 4 is 7.37 Å². The van der Waals surface area contributed by atoms with Gasteiger partial charge in [0, 0.05) is 0 Å². The summed E-state index contributed by atoms with van der Waals surface area (Å²) in [6.07, 6.45) is 1.40. The smallest absolute Gasteiger partial charge is 0.233 e. The third-order valence-electron chi connectivity index (χ3n) is 2.78. The summed E-state index contributed by atoms with van der Waals surface area (Å²) < 4.78 is 12.4. The van der Waals surface area contributed by atoms with Crippen molar-refractivity contribution in [2.45, 2.75) is 38.3 Å². The van der Waals surface area contributed by atoms with Crippen LogP contribution in [-0.2, 0) is 4.57 Å². The van der Waals surface area contributed by atoms with Crippen LogP contribution in [0.2, 0.25) is 0 Å². The average Bonchev–Trinajstić information content (AvgIpc) is 2.02. The predicted molar refractivity (Wildman–Crippen MR) is 65.4 cm³/mol. The minimum atomic E-state index is -3.17. The van der Waals surface area contributed by atoms with E-state index in [0.717, 1.165) is 0 Å². The maximum Gasteiger partial charge on any atom is 0.233 e. The Hall–Kier alpha value is 0.110. The Bertz CT molecular complexity index is 211. The molecule has 0 saturated carbocycles. The summed E-state index contributed by atoms with van der Waals surface area (Å²) in [5, 5.41) is 0. The first-order valence-electron chi connectivity index (χ1n) is 5.43. The normalized spacial score (nSPS) is 20.3. The van der Waals surface area contributed by atoms with Gasteiger partial charge < -0.3 is 4.89 Å². The Morgan fingerprint density at radius 3 is 1.40 bits per heavy atom. The Balaban J connectivity index is 4.98. The fourth-order valence-electron chi connectivity index (χ4n) is 2.11. The zero-order chi connectivity index (χ0) is 12.2. The third kappa shape index (κ3) is 3.56. The molecule has 5 heteroatoms. The van der Waals surface area contributed by atoms with Gasteiger partial charge in [-0.05, 0) is 41.0 Å². The van der Waals surface area contributed by atoms with Gasteiger partial charge in [0.15, 0.2) is 0 Å². The van der Waals surface area contributed by atoms with Gasteiger partial charge >= 0.3 is 0 Å². The van der Waals surface area contributed by atoms with Crippen LogP contribution in [0.25, 0.3) is 0 Å². The molecule has 92 valence electrons. The molecule has 2 unspecified atom stereocenters. The Morgan fingerprint density at radius 1 is 1.00 bits per heavy atom. The summed E-state index contributed by atoms with van der Waals surface area (Å²) in [6.45, 7) is 3.91. The average molecular weight is 236 g/mol. The molecule has 4 nitrogen and oxygen atoms in total. The molecule has 0 bridgehead atoms. The first kappa shape index (κ1) is 15.1. The number of hydrogen-bond donors (Lipinski definition) is 1. The van der Waals surface area contributed by atoms with Gasteiger partial charge in [0.05, 0.1) is 11.6 Å². The molecule has 0 aliphatic rings. The maximum absolute atomic E-state index is 12.4. The van der Waals surface area contributed by atoms with E-state index in [2.05, 4.69) is 0 Å². The Labute approximate surface area is 93.7 Å². The highest BCUT2D eigenvalue weighted by atomic mass is 31.2. The van der Waals surface area contributed by atoms with E-state index >= 15 is 0 Å². The van der Waals surface area contributed by atoms with Crippen LogP contribution < -0.4 is 0 Å². The monoisotopic (exact) mass is 236 g/mol. The van der Waals surface area contributed by atoms with E-state index in [-0.39, 0.29) is 11.6 Å². The van der Waals surface area contributed by atoms with Gasteiger partial charge in [0.25, 0.3) is 0 Å². The molecule has 0 aromatic heterocycles. The quantitative estimate of drug-likeness (QED) is 0.715. The second kappa shape index (κ2) is 6.00. The van der Waals surface area contributed by atoms with Gasteiger partial charge in [0.2, 0.25) is 7.37 Å². The van der Waals surface area contributed by atoms with Crippen molar-refractivity contribution in [3.63, 3.8) is 0 Å². The summed E-state index contributed by atoms with van der Waals surface area (Å²) in [5.74, 6) is -0.491. The van der Waals surface area contributed by atoms with Crippen molar-refractivity contribution in [3.8, 4) is 0 Å². The molecule has 0 fully saturated rings. The summed E-state index contributed by atoms with van der Waals surface area (Å²) >= 11 is 0. The minimum Gasteiger partial charge on any atom is -0.342 e. The van der Waals surface area contributed by atoms with Crippen LogP contribution in [0.15, 0.2) is 0 Å². The summed E-state index contributed by atoms with van der Waals surface area (Å²) in [6, 6.07) is 0. The predicted octanol–water partition coefficient (Wildman–Crippen LogP) is 1.85. The summed E-state index contributed by atoms with van der Waals surface area (Å²) in [7, 11) is 4.27. The molecule has 0 aliphatic heterocycles. The van der Waals surface area contributed by atoms with Crippen LogP contribution in [-0.4, -0.2) is 54.4 Å². The van der Waals surface area contributed by atoms with Gasteiger partial charge in [-0.15, -0.1) is 0 Å². The number of rotatable bonds is 6. The van der Waals surface area contributed by atoms with Gasteiger partial charge in [-0.1, -0.05) is 13.8 Å². The van der Waals surface area contributed by atoms with Crippen molar-refractivity contribution in [2.24, 2.45) is 0 Å². The van der Waals surface area contributed by atoms with Crippen LogP contribution in [0, 0.1) is 0 Å². The first-order chi connectivity index (χ1) is 6.78. The van der Waals surface area contributed by atoms with E-state index in [1.807, 2.05) is 51.8 Å². The van der Waals surface area contributed by atoms with Gasteiger partial charge in [-0.25, -0.2) is 0 Å². The van der Waals surface area contributed by atoms with Crippen LogP contribution in [0.1, 0.15) is 26.7 Å². The van der Waals surface area contributed by atoms with Crippen molar-refractivity contribution in [2.75, 3.05) is 28.2 Å². The van der Waals surface area contributed by atoms with Crippen molar-refractivity contribution in [1.82, 2.24) is 9.80 Å². The second-order valence-electron chi connectivity index (χ2n) is 4.38. The fraction of sp³-hybridized carbons (Fsp3) is 1.00. The molecule has 2 atom stereocenters. The van der Waals surface area contributed by atoms with E-state index in [0.29, 0.717) is 12.8 Å². The van der Waals surface area contributed by atoms with Crippen LogP contribution in [0.3, 0.4) is 0 Å². The highest BCUT2D eigenvalue weighted by Crippen LogP contribution is 2.54. The van der Waals surface area contributed by atoms with Gasteiger partial charge in [0.1, 0.15) is 0 Å². The lowest BCUT2D eigenvalue weighted by Gasteiger charge is -2.35. The van der Waals surface area contributed by atoms with Gasteiger partial charge in [-0.2, -0.15) is 0 Å². The molecule has 0 spiro atoms. The molecule has 0 aromatic carbocycles. The fourth-order valence-corrected chi connectivity index (χ4v) is 4.88. The largest absolute Gasteiger partial charge is 0.342 e. The highest BCUT2D eigenvalue weighted by molar-refractivity contribution is 7.59. The molecule has 15 heavy (non-hydrogen) atoms. The summed E-state index contributed by atoms with van der Waals surface area (Å²) in [5.41, 5.74) is 0. The molecular weight excluding hydrogens is 211 g/mol. The molecule has 1 N–H and O–H groups in total. The van der Waals surface area contributed by atoms with E-state index in [1.165, 1.54) is 0 Å². The van der Waals surface area contributed by atoms with Crippen LogP contribution in [0.4, 0.5) is 0 Å². The molecule has 0 aromatic rings. The molecule has 0 saturated heterocycles. The zero-order valence-electron chi connectivity index (χ0n) is 10.8. The lowest BCUT2D eigenvalue weighted by Crippen LogP contribution is -2.36. The van der Waals surface area contributed by atoms with Crippen molar-refractivity contribution in [3.05, 3.63) is 0 Å². The number of hydrogen-bond acceptors (Lipinski definition) is 3. The van der Waals surface area contributed by atoms with E-state index in [1.54, 1.807) is 0 Å². The topological polar surface area (TPSA) is 43.8 Å². The Kier molecular flexibility index (Phi) is 6.04.